The van der Waals surface area contributed by atoms with Gasteiger partial charge in [-0.1, -0.05) is 36.4 Å². The molecular weight excluding hydrogens is 375 g/mol. The van der Waals surface area contributed by atoms with E-state index in [1.165, 1.54) is 33.4 Å². The molecule has 0 aromatic heterocycles. The average Bonchev–Trinajstić information content (AvgIpc) is 2.81. The Hall–Kier alpha value is 0.310. The molecule has 0 aromatic carbocycles. The third kappa shape index (κ3) is 6.52. The molecule has 2 aliphatic rings. The second kappa shape index (κ2) is 10.9. The summed E-state index contributed by atoms with van der Waals surface area (Å²) in [6.45, 7) is 12.9. The van der Waals surface area contributed by atoms with Gasteiger partial charge in [0.25, 0.3) is 0 Å². The normalized spacial score (nSPS) is 17.0. The van der Waals surface area contributed by atoms with Gasteiger partial charge < -0.3 is 17.5 Å². The van der Waals surface area contributed by atoms with Gasteiger partial charge in [0, 0.05) is 35.7 Å². The van der Waals surface area contributed by atoms with Crippen LogP contribution in [-0.4, -0.2) is 20.7 Å². The Balaban J connectivity index is 0. The number of hydrogen-bond acceptors (Lipinski definition) is 1. The number of aliphatic hydroxyl groups is 1. The van der Waals surface area contributed by atoms with Crippen LogP contribution in [0.4, 0.5) is 0 Å². The summed E-state index contributed by atoms with van der Waals surface area (Å²) < 4.78 is 0. The fraction of sp³-hybridized carbons (Fsp3) is 0.529. The van der Waals surface area contributed by atoms with Gasteiger partial charge in [-0.15, -0.1) is 0 Å². The summed E-state index contributed by atoms with van der Waals surface area (Å²) in [6.07, 6.45) is 5.86. The van der Waals surface area contributed by atoms with E-state index in [1.54, 1.807) is 0 Å². The molecule has 0 amide bonds. The van der Waals surface area contributed by atoms with Crippen LogP contribution in [0.3, 0.4) is 0 Å². The summed E-state index contributed by atoms with van der Waals surface area (Å²) >= 11 is 0. The second-order valence-electron chi connectivity index (χ2n) is 5.73. The van der Waals surface area contributed by atoms with Gasteiger partial charge >= 0.3 is 0 Å². The van der Waals surface area contributed by atoms with E-state index in [4.69, 9.17) is 0 Å². The Morgan fingerprint density at radius 1 is 0.905 bits per heavy atom. The van der Waals surface area contributed by atoms with Crippen molar-refractivity contribution >= 4 is 9.52 Å². The van der Waals surface area contributed by atoms with Gasteiger partial charge in [0.2, 0.25) is 0 Å². The zero-order valence-electron chi connectivity index (χ0n) is 14.0. The quantitative estimate of drug-likeness (QED) is 0.689. The van der Waals surface area contributed by atoms with Crippen LogP contribution in [0.1, 0.15) is 40.5 Å². The van der Waals surface area contributed by atoms with Gasteiger partial charge in [-0.05, 0) is 62.8 Å². The van der Waals surface area contributed by atoms with Crippen molar-refractivity contribution in [2.24, 2.45) is 0 Å². The molecule has 0 saturated heterocycles. The van der Waals surface area contributed by atoms with Gasteiger partial charge in [-0.3, -0.25) is 0 Å². The number of hydrogen-bond donors (Lipinski definition) is 1. The SMILES string of the molecule is CC1=CC(C)=C(C(O)C2=C(C)C=C(C)C2)C1.C[SiH]C.[Cl-].[Zr]. The van der Waals surface area contributed by atoms with Crippen molar-refractivity contribution in [3.63, 3.8) is 0 Å². The fourth-order valence-electron chi connectivity index (χ4n) is 2.74. The maximum absolute atomic E-state index is 10.4. The van der Waals surface area contributed by atoms with Crippen molar-refractivity contribution in [2.45, 2.75) is 59.7 Å². The first-order valence-electron chi connectivity index (χ1n) is 7.06. The minimum Gasteiger partial charge on any atom is -1.00 e. The topological polar surface area (TPSA) is 20.2 Å². The molecular formula is C17H27ClOSiZr-. The van der Waals surface area contributed by atoms with E-state index in [2.05, 4.69) is 52.9 Å². The Kier molecular flexibility index (Phi) is 12.3. The molecule has 0 saturated carbocycles. The van der Waals surface area contributed by atoms with Crippen molar-refractivity contribution in [1.82, 2.24) is 0 Å². The molecule has 117 valence electrons. The van der Waals surface area contributed by atoms with E-state index >= 15 is 0 Å². The first-order chi connectivity index (χ1) is 8.90. The van der Waals surface area contributed by atoms with Crippen molar-refractivity contribution in [1.29, 1.82) is 0 Å². The molecule has 0 aromatic rings. The van der Waals surface area contributed by atoms with Crippen LogP contribution in [0, 0.1) is 0 Å². The Labute approximate surface area is 158 Å². The van der Waals surface area contributed by atoms with Crippen LogP contribution in [0.5, 0.6) is 0 Å². The van der Waals surface area contributed by atoms with E-state index in [1.807, 2.05) is 0 Å². The molecule has 0 heterocycles. The van der Waals surface area contributed by atoms with E-state index < -0.39 is 0 Å². The Morgan fingerprint density at radius 3 is 1.38 bits per heavy atom. The third-order valence-electron chi connectivity index (χ3n) is 3.54. The van der Waals surface area contributed by atoms with Crippen LogP contribution in [0.25, 0.3) is 0 Å². The molecule has 2 aliphatic carbocycles. The second-order valence-corrected chi connectivity index (χ2v) is 6.89. The van der Waals surface area contributed by atoms with Gasteiger partial charge in [0.05, 0.1) is 6.10 Å². The zero-order valence-corrected chi connectivity index (χ0v) is 18.4. The molecule has 0 bridgehead atoms. The predicted octanol–water partition coefficient (Wildman–Crippen LogP) is 1.20. The molecule has 21 heavy (non-hydrogen) atoms. The largest absolute Gasteiger partial charge is 1.00 e. The standard InChI is InChI=1S/C15H20O.C2H7Si.ClH.Zr/c1-9-5-11(3)13(7-9)15(16)14-8-10(2)6-12(14)4;1-3-2;;/h5-6,15-16H,7-8H2,1-4H3;3H,1-2H3;1H;/p-1. The number of allylic oxidation sites excluding steroid dienone is 6. The van der Waals surface area contributed by atoms with Crippen LogP contribution < -0.4 is 12.4 Å². The van der Waals surface area contributed by atoms with Crippen LogP contribution in [-0.2, 0) is 26.2 Å². The smallest absolute Gasteiger partial charge is 0.0978 e. The molecule has 0 atom stereocenters. The molecule has 2 rings (SSSR count). The van der Waals surface area contributed by atoms with Crippen LogP contribution in [0.15, 0.2) is 45.6 Å². The zero-order chi connectivity index (χ0) is 14.6. The summed E-state index contributed by atoms with van der Waals surface area (Å²) in [4.78, 5) is 0. The summed E-state index contributed by atoms with van der Waals surface area (Å²) in [7, 11) is 0.750. The first-order valence-corrected chi connectivity index (χ1v) is 9.37. The van der Waals surface area contributed by atoms with Crippen molar-refractivity contribution in [3.05, 3.63) is 45.6 Å². The molecule has 0 fully saturated rings. The summed E-state index contributed by atoms with van der Waals surface area (Å²) in [6, 6.07) is 0. The van der Waals surface area contributed by atoms with E-state index in [0.29, 0.717) is 0 Å². The molecule has 0 aliphatic heterocycles. The maximum Gasteiger partial charge on any atom is 0.0978 e. The minimum absolute atomic E-state index is 0. The average molecular weight is 402 g/mol. The number of halogens is 1. The van der Waals surface area contributed by atoms with Gasteiger partial charge in [-0.25, -0.2) is 0 Å². The Bertz CT molecular complexity index is 433. The molecule has 1 N–H and O–H groups in total. The van der Waals surface area contributed by atoms with E-state index in [-0.39, 0.29) is 44.7 Å². The molecule has 0 unspecified atom stereocenters. The maximum atomic E-state index is 10.4. The van der Waals surface area contributed by atoms with Crippen LogP contribution in [0.2, 0.25) is 13.1 Å². The molecule has 1 radical (unpaired) electrons. The fourth-order valence-corrected chi connectivity index (χ4v) is 2.74. The van der Waals surface area contributed by atoms with Gasteiger partial charge in [0.15, 0.2) is 0 Å². The van der Waals surface area contributed by atoms with Gasteiger partial charge in [-0.2, -0.15) is 0 Å². The molecule has 1 nitrogen and oxygen atoms in total. The van der Waals surface area contributed by atoms with E-state index in [0.717, 1.165) is 22.4 Å². The summed E-state index contributed by atoms with van der Waals surface area (Å²) in [5.41, 5.74) is 7.58. The monoisotopic (exact) mass is 400 g/mol. The summed E-state index contributed by atoms with van der Waals surface area (Å²) in [5, 5.41) is 10.4. The third-order valence-corrected chi connectivity index (χ3v) is 3.54. The van der Waals surface area contributed by atoms with Gasteiger partial charge in [0.1, 0.15) is 0 Å². The van der Waals surface area contributed by atoms with Crippen LogP contribution >= 0.6 is 0 Å². The minimum atomic E-state index is -0.373. The van der Waals surface area contributed by atoms with Crippen molar-refractivity contribution in [3.8, 4) is 0 Å². The number of rotatable bonds is 2. The summed E-state index contributed by atoms with van der Waals surface area (Å²) in [5.74, 6) is 0. The van der Waals surface area contributed by atoms with E-state index in [9.17, 15) is 5.11 Å². The van der Waals surface area contributed by atoms with Crippen molar-refractivity contribution < 1.29 is 43.7 Å². The van der Waals surface area contributed by atoms with Crippen molar-refractivity contribution in [2.75, 3.05) is 0 Å². The number of aliphatic hydroxyl groups excluding tert-OH is 1. The Morgan fingerprint density at radius 2 is 1.19 bits per heavy atom. The predicted molar refractivity (Wildman–Crippen MR) is 87.0 cm³/mol. The first kappa shape index (κ1) is 23.6. The molecule has 4 heteroatoms. The molecule has 0 spiro atoms.